The van der Waals surface area contributed by atoms with Crippen LogP contribution in [0.2, 0.25) is 0 Å². The van der Waals surface area contributed by atoms with Gasteiger partial charge in [-0.1, -0.05) is 32.3 Å². The van der Waals surface area contributed by atoms with Crippen molar-refractivity contribution < 1.29 is 0 Å². The van der Waals surface area contributed by atoms with Crippen molar-refractivity contribution in [1.82, 2.24) is 5.32 Å². The molecule has 0 bridgehead atoms. The van der Waals surface area contributed by atoms with Crippen molar-refractivity contribution in [1.29, 1.82) is 0 Å². The standard InChI is InChI=1S/C10H22N2/c1-3-5-6-7-10(9-11)12-8-4-2/h4,10,12H,2-3,5-9,11H2,1H3. The third-order valence-corrected chi connectivity index (χ3v) is 1.99. The Morgan fingerprint density at radius 3 is 2.75 bits per heavy atom. The lowest BCUT2D eigenvalue weighted by Crippen LogP contribution is -2.35. The van der Waals surface area contributed by atoms with Crippen molar-refractivity contribution in [3.63, 3.8) is 0 Å². The number of nitrogens with one attached hydrogen (secondary N) is 1. The van der Waals surface area contributed by atoms with Crippen LogP contribution in [0.3, 0.4) is 0 Å². The minimum absolute atomic E-state index is 0.481. The van der Waals surface area contributed by atoms with Gasteiger partial charge in [0.1, 0.15) is 0 Å². The molecule has 1 unspecified atom stereocenters. The minimum Gasteiger partial charge on any atom is -0.329 e. The first-order chi connectivity index (χ1) is 5.85. The summed E-state index contributed by atoms with van der Waals surface area (Å²) in [6, 6.07) is 0.481. The molecule has 0 saturated heterocycles. The van der Waals surface area contributed by atoms with Gasteiger partial charge in [0, 0.05) is 19.1 Å². The van der Waals surface area contributed by atoms with Crippen molar-refractivity contribution in [3.05, 3.63) is 12.7 Å². The van der Waals surface area contributed by atoms with Crippen molar-refractivity contribution >= 4 is 0 Å². The van der Waals surface area contributed by atoms with E-state index in [4.69, 9.17) is 5.73 Å². The van der Waals surface area contributed by atoms with E-state index >= 15 is 0 Å². The lowest BCUT2D eigenvalue weighted by Gasteiger charge is -2.14. The van der Waals surface area contributed by atoms with Crippen LogP contribution < -0.4 is 11.1 Å². The molecule has 0 fully saturated rings. The number of hydrogen-bond donors (Lipinski definition) is 2. The highest BCUT2D eigenvalue weighted by molar-refractivity contribution is 4.75. The van der Waals surface area contributed by atoms with Gasteiger partial charge in [0.25, 0.3) is 0 Å². The normalized spacial score (nSPS) is 12.8. The average Bonchev–Trinajstić information content (AvgIpc) is 2.11. The van der Waals surface area contributed by atoms with Gasteiger partial charge in [-0.25, -0.2) is 0 Å². The first-order valence-corrected chi connectivity index (χ1v) is 4.89. The second kappa shape index (κ2) is 8.75. The van der Waals surface area contributed by atoms with E-state index in [0.717, 1.165) is 13.1 Å². The van der Waals surface area contributed by atoms with Crippen molar-refractivity contribution in [3.8, 4) is 0 Å². The zero-order valence-electron chi connectivity index (χ0n) is 8.18. The molecular formula is C10H22N2. The predicted octanol–water partition coefficient (Wildman–Crippen LogP) is 1.67. The Kier molecular flexibility index (Phi) is 8.51. The zero-order chi connectivity index (χ0) is 9.23. The summed E-state index contributed by atoms with van der Waals surface area (Å²) in [4.78, 5) is 0. The summed E-state index contributed by atoms with van der Waals surface area (Å²) in [6.07, 6.45) is 6.94. The van der Waals surface area contributed by atoms with E-state index in [1.165, 1.54) is 25.7 Å². The summed E-state index contributed by atoms with van der Waals surface area (Å²) in [7, 11) is 0. The Bertz CT molecular complexity index is 102. The van der Waals surface area contributed by atoms with Crippen molar-refractivity contribution in [2.45, 2.75) is 38.6 Å². The molecule has 0 rings (SSSR count). The van der Waals surface area contributed by atoms with E-state index in [1.807, 2.05) is 6.08 Å². The van der Waals surface area contributed by atoms with E-state index in [2.05, 4.69) is 18.8 Å². The van der Waals surface area contributed by atoms with Crippen LogP contribution in [-0.4, -0.2) is 19.1 Å². The summed E-state index contributed by atoms with van der Waals surface area (Å²) in [5.41, 5.74) is 5.60. The van der Waals surface area contributed by atoms with E-state index in [0.29, 0.717) is 6.04 Å². The van der Waals surface area contributed by atoms with Crippen LogP contribution in [0.5, 0.6) is 0 Å². The Morgan fingerprint density at radius 2 is 2.25 bits per heavy atom. The Balaban J connectivity index is 3.32. The Morgan fingerprint density at radius 1 is 1.50 bits per heavy atom. The second-order valence-corrected chi connectivity index (χ2v) is 3.13. The molecule has 12 heavy (non-hydrogen) atoms. The van der Waals surface area contributed by atoms with Gasteiger partial charge >= 0.3 is 0 Å². The van der Waals surface area contributed by atoms with Crippen molar-refractivity contribution in [2.24, 2.45) is 5.73 Å². The highest BCUT2D eigenvalue weighted by atomic mass is 14.9. The van der Waals surface area contributed by atoms with E-state index < -0.39 is 0 Å². The molecule has 0 aromatic rings. The first kappa shape index (κ1) is 11.7. The lowest BCUT2D eigenvalue weighted by atomic mass is 10.1. The number of rotatable bonds is 8. The Hall–Kier alpha value is -0.340. The van der Waals surface area contributed by atoms with E-state index in [-0.39, 0.29) is 0 Å². The fourth-order valence-corrected chi connectivity index (χ4v) is 1.19. The summed E-state index contributed by atoms with van der Waals surface area (Å²) >= 11 is 0. The van der Waals surface area contributed by atoms with Gasteiger partial charge in [0.15, 0.2) is 0 Å². The predicted molar refractivity (Wildman–Crippen MR) is 55.2 cm³/mol. The number of unbranched alkanes of at least 4 members (excludes halogenated alkanes) is 2. The van der Waals surface area contributed by atoms with Crippen LogP contribution in [-0.2, 0) is 0 Å². The highest BCUT2D eigenvalue weighted by Crippen LogP contribution is 2.01. The number of hydrogen-bond acceptors (Lipinski definition) is 2. The maximum absolute atomic E-state index is 5.60. The number of nitrogens with two attached hydrogens (primary N) is 1. The van der Waals surface area contributed by atoms with Crippen LogP contribution >= 0.6 is 0 Å². The molecular weight excluding hydrogens is 148 g/mol. The van der Waals surface area contributed by atoms with Gasteiger partial charge in [-0.15, -0.1) is 6.58 Å². The monoisotopic (exact) mass is 170 g/mol. The third kappa shape index (κ3) is 6.38. The molecule has 0 radical (unpaired) electrons. The molecule has 0 aromatic heterocycles. The quantitative estimate of drug-likeness (QED) is 0.429. The molecule has 0 aliphatic heterocycles. The second-order valence-electron chi connectivity index (χ2n) is 3.13. The summed E-state index contributed by atoms with van der Waals surface area (Å²) < 4.78 is 0. The van der Waals surface area contributed by atoms with Gasteiger partial charge in [0.2, 0.25) is 0 Å². The van der Waals surface area contributed by atoms with Gasteiger partial charge < -0.3 is 11.1 Å². The molecule has 0 amide bonds. The van der Waals surface area contributed by atoms with Crippen LogP contribution in [0.15, 0.2) is 12.7 Å². The summed E-state index contributed by atoms with van der Waals surface area (Å²) in [6.45, 7) is 7.48. The van der Waals surface area contributed by atoms with Gasteiger partial charge in [0.05, 0.1) is 0 Å². The molecule has 0 spiro atoms. The molecule has 2 heteroatoms. The Labute approximate surface area is 76.2 Å². The lowest BCUT2D eigenvalue weighted by molar-refractivity contribution is 0.485. The molecule has 0 aromatic carbocycles. The topological polar surface area (TPSA) is 38.0 Å². The van der Waals surface area contributed by atoms with E-state index in [1.54, 1.807) is 0 Å². The fraction of sp³-hybridized carbons (Fsp3) is 0.800. The third-order valence-electron chi connectivity index (χ3n) is 1.99. The highest BCUT2D eigenvalue weighted by Gasteiger charge is 2.02. The van der Waals surface area contributed by atoms with Gasteiger partial charge in [-0.2, -0.15) is 0 Å². The molecule has 0 saturated carbocycles. The zero-order valence-corrected chi connectivity index (χ0v) is 8.18. The largest absolute Gasteiger partial charge is 0.329 e. The first-order valence-electron chi connectivity index (χ1n) is 4.89. The molecule has 0 aliphatic carbocycles. The summed E-state index contributed by atoms with van der Waals surface area (Å²) in [5, 5.41) is 3.33. The SMILES string of the molecule is C=CCNC(CN)CCCCC. The van der Waals surface area contributed by atoms with E-state index in [9.17, 15) is 0 Å². The van der Waals surface area contributed by atoms with Crippen LogP contribution in [0.25, 0.3) is 0 Å². The van der Waals surface area contributed by atoms with Crippen LogP contribution in [0, 0.1) is 0 Å². The molecule has 72 valence electrons. The van der Waals surface area contributed by atoms with Gasteiger partial charge in [-0.05, 0) is 6.42 Å². The molecule has 0 heterocycles. The van der Waals surface area contributed by atoms with Crippen molar-refractivity contribution in [2.75, 3.05) is 13.1 Å². The van der Waals surface area contributed by atoms with Crippen LogP contribution in [0.4, 0.5) is 0 Å². The molecule has 3 N–H and O–H groups in total. The molecule has 1 atom stereocenters. The average molecular weight is 170 g/mol. The van der Waals surface area contributed by atoms with Crippen LogP contribution in [0.1, 0.15) is 32.6 Å². The molecule has 0 aliphatic rings. The van der Waals surface area contributed by atoms with Gasteiger partial charge in [-0.3, -0.25) is 0 Å². The minimum atomic E-state index is 0.481. The summed E-state index contributed by atoms with van der Waals surface area (Å²) in [5.74, 6) is 0. The molecule has 2 nitrogen and oxygen atoms in total. The maximum atomic E-state index is 5.60. The smallest absolute Gasteiger partial charge is 0.0193 e. The maximum Gasteiger partial charge on any atom is 0.0193 e. The fourth-order valence-electron chi connectivity index (χ4n) is 1.19.